The minimum Gasteiger partial charge on any atom is -0.319 e. The third kappa shape index (κ3) is 2.40. The molecule has 0 atom stereocenters. The van der Waals surface area contributed by atoms with Crippen molar-refractivity contribution in [2.24, 2.45) is 7.05 Å². The second kappa shape index (κ2) is 4.86. The van der Waals surface area contributed by atoms with E-state index in [4.69, 9.17) is 0 Å². The average Bonchev–Trinajstić information content (AvgIpc) is 2.74. The number of hydrogen-bond acceptors (Lipinski definition) is 4. The number of anilines is 1. The number of fused-ring (bicyclic) bond motifs is 1. The van der Waals surface area contributed by atoms with Crippen molar-refractivity contribution in [1.29, 1.82) is 0 Å². The largest absolute Gasteiger partial charge is 0.319 e. The molecule has 0 aliphatic heterocycles. The zero-order chi connectivity index (χ0) is 15.0. The quantitative estimate of drug-likeness (QED) is 0.739. The standard InChI is InChI=1S/C14H13N5O2/c1-8-10-6-9(7-15-13(10)19(2)18-8)16-14(21)11-4-3-5-12(20)17-11/h3-7H,1-2H3,(H,16,21)(H,17,20). The molecule has 0 aliphatic rings. The smallest absolute Gasteiger partial charge is 0.272 e. The first-order valence-electron chi connectivity index (χ1n) is 6.34. The van der Waals surface area contributed by atoms with Crippen LogP contribution in [0, 0.1) is 6.92 Å². The Morgan fingerprint density at radius 3 is 2.95 bits per heavy atom. The molecule has 0 saturated heterocycles. The van der Waals surface area contributed by atoms with Crippen LogP contribution in [0.3, 0.4) is 0 Å². The van der Waals surface area contributed by atoms with E-state index >= 15 is 0 Å². The maximum atomic E-state index is 12.1. The predicted molar refractivity (Wildman–Crippen MR) is 78.3 cm³/mol. The van der Waals surface area contributed by atoms with E-state index in [-0.39, 0.29) is 11.3 Å². The molecule has 2 N–H and O–H groups in total. The van der Waals surface area contributed by atoms with Crippen LogP contribution in [-0.4, -0.2) is 25.7 Å². The van der Waals surface area contributed by atoms with E-state index in [2.05, 4.69) is 20.4 Å². The highest BCUT2D eigenvalue weighted by Gasteiger charge is 2.10. The maximum absolute atomic E-state index is 12.1. The minimum absolute atomic E-state index is 0.200. The number of nitrogens with one attached hydrogen (secondary N) is 2. The molecule has 0 radical (unpaired) electrons. The molecular formula is C14H13N5O2. The lowest BCUT2D eigenvalue weighted by molar-refractivity contribution is 0.102. The summed E-state index contributed by atoms with van der Waals surface area (Å²) in [5.41, 5.74) is 2.01. The first kappa shape index (κ1) is 13.0. The van der Waals surface area contributed by atoms with Crippen LogP contribution in [0.25, 0.3) is 11.0 Å². The van der Waals surface area contributed by atoms with E-state index in [0.717, 1.165) is 16.7 Å². The number of H-pyrrole nitrogens is 1. The third-order valence-corrected chi connectivity index (χ3v) is 3.13. The number of aryl methyl sites for hydroxylation is 2. The van der Waals surface area contributed by atoms with Crippen molar-refractivity contribution in [2.45, 2.75) is 6.92 Å². The third-order valence-electron chi connectivity index (χ3n) is 3.13. The number of aromatic nitrogens is 4. The molecule has 7 heteroatoms. The van der Waals surface area contributed by atoms with E-state index < -0.39 is 5.91 Å². The van der Waals surface area contributed by atoms with Gasteiger partial charge in [0, 0.05) is 18.5 Å². The zero-order valence-corrected chi connectivity index (χ0v) is 11.5. The molecule has 3 aromatic rings. The van der Waals surface area contributed by atoms with Crippen molar-refractivity contribution < 1.29 is 4.79 Å². The molecule has 1 amide bonds. The molecule has 21 heavy (non-hydrogen) atoms. The van der Waals surface area contributed by atoms with Gasteiger partial charge < -0.3 is 10.3 Å². The van der Waals surface area contributed by atoms with Gasteiger partial charge in [0.15, 0.2) is 5.65 Å². The van der Waals surface area contributed by atoms with Crippen LogP contribution in [0.4, 0.5) is 5.69 Å². The summed E-state index contributed by atoms with van der Waals surface area (Å²) in [5.74, 6) is -0.393. The topological polar surface area (TPSA) is 92.7 Å². The number of carbonyl (C=O) groups excluding carboxylic acids is 1. The van der Waals surface area contributed by atoms with Gasteiger partial charge in [0.2, 0.25) is 5.56 Å². The molecule has 0 fully saturated rings. The van der Waals surface area contributed by atoms with Gasteiger partial charge in [0.05, 0.1) is 17.6 Å². The van der Waals surface area contributed by atoms with Gasteiger partial charge in [0.25, 0.3) is 5.91 Å². The summed E-state index contributed by atoms with van der Waals surface area (Å²) in [6.07, 6.45) is 1.56. The average molecular weight is 283 g/mol. The van der Waals surface area contributed by atoms with Crippen LogP contribution in [0.2, 0.25) is 0 Å². The number of pyridine rings is 2. The maximum Gasteiger partial charge on any atom is 0.272 e. The van der Waals surface area contributed by atoms with Gasteiger partial charge in [-0.15, -0.1) is 0 Å². The number of carbonyl (C=O) groups is 1. The fourth-order valence-corrected chi connectivity index (χ4v) is 2.15. The Balaban J connectivity index is 1.93. The van der Waals surface area contributed by atoms with Crippen molar-refractivity contribution in [3.05, 3.63) is 52.2 Å². The minimum atomic E-state index is -0.393. The predicted octanol–water partition coefficient (Wildman–Crippen LogP) is 1.22. The van der Waals surface area contributed by atoms with Crippen molar-refractivity contribution in [3.8, 4) is 0 Å². The van der Waals surface area contributed by atoms with E-state index in [9.17, 15) is 9.59 Å². The van der Waals surface area contributed by atoms with Crippen molar-refractivity contribution in [3.63, 3.8) is 0 Å². The highest BCUT2D eigenvalue weighted by atomic mass is 16.2. The van der Waals surface area contributed by atoms with Crippen LogP contribution in [0.15, 0.2) is 35.3 Å². The Labute approximate surface area is 119 Å². The normalized spacial score (nSPS) is 10.8. The molecular weight excluding hydrogens is 270 g/mol. The second-order valence-electron chi connectivity index (χ2n) is 4.69. The molecule has 0 saturated carbocycles. The van der Waals surface area contributed by atoms with Crippen molar-refractivity contribution >= 4 is 22.6 Å². The Kier molecular flexibility index (Phi) is 3.02. The van der Waals surface area contributed by atoms with Crippen molar-refractivity contribution in [2.75, 3.05) is 5.32 Å². The number of nitrogens with zero attached hydrogens (tertiary/aromatic N) is 3. The highest BCUT2D eigenvalue weighted by Crippen LogP contribution is 2.19. The Bertz CT molecular complexity index is 894. The lowest BCUT2D eigenvalue weighted by Gasteiger charge is -2.05. The van der Waals surface area contributed by atoms with Crippen LogP contribution >= 0.6 is 0 Å². The molecule has 106 valence electrons. The number of hydrogen-bond donors (Lipinski definition) is 2. The lowest BCUT2D eigenvalue weighted by atomic mass is 10.2. The molecule has 3 aromatic heterocycles. The summed E-state index contributed by atoms with van der Waals surface area (Å²) >= 11 is 0. The lowest BCUT2D eigenvalue weighted by Crippen LogP contribution is -2.17. The molecule has 0 unspecified atom stereocenters. The van der Waals surface area contributed by atoms with Crippen LogP contribution in [-0.2, 0) is 7.05 Å². The van der Waals surface area contributed by atoms with E-state index in [1.807, 2.05) is 20.0 Å². The van der Waals surface area contributed by atoms with Crippen molar-refractivity contribution in [1.82, 2.24) is 19.7 Å². The summed E-state index contributed by atoms with van der Waals surface area (Å²) in [4.78, 5) is 30.0. The zero-order valence-electron chi connectivity index (χ0n) is 11.5. The van der Waals surface area contributed by atoms with Gasteiger partial charge in [-0.1, -0.05) is 6.07 Å². The Morgan fingerprint density at radius 2 is 2.19 bits per heavy atom. The Morgan fingerprint density at radius 1 is 1.38 bits per heavy atom. The molecule has 3 rings (SSSR count). The van der Waals surface area contributed by atoms with Crippen LogP contribution < -0.4 is 10.9 Å². The summed E-state index contributed by atoms with van der Waals surface area (Å²) < 4.78 is 1.69. The molecule has 7 nitrogen and oxygen atoms in total. The number of amides is 1. The highest BCUT2D eigenvalue weighted by molar-refractivity contribution is 6.03. The van der Waals surface area contributed by atoms with Gasteiger partial charge in [0.1, 0.15) is 5.69 Å². The van der Waals surface area contributed by atoms with Gasteiger partial charge >= 0.3 is 0 Å². The fraction of sp³-hybridized carbons (Fsp3) is 0.143. The summed E-state index contributed by atoms with van der Waals surface area (Å²) in [7, 11) is 1.81. The summed E-state index contributed by atoms with van der Waals surface area (Å²) in [6.45, 7) is 1.88. The molecule has 0 spiro atoms. The van der Waals surface area contributed by atoms with Gasteiger partial charge in [-0.3, -0.25) is 14.3 Å². The van der Waals surface area contributed by atoms with Gasteiger partial charge in [-0.05, 0) is 19.1 Å². The fourth-order valence-electron chi connectivity index (χ4n) is 2.15. The Hall–Kier alpha value is -2.96. The monoisotopic (exact) mass is 283 g/mol. The SMILES string of the molecule is Cc1nn(C)c2ncc(NC(=O)c3cccc(=O)[nH]3)cc12. The van der Waals surface area contributed by atoms with Crippen LogP contribution in [0.5, 0.6) is 0 Å². The first-order valence-corrected chi connectivity index (χ1v) is 6.34. The number of aromatic amines is 1. The molecule has 0 bridgehead atoms. The summed E-state index contributed by atoms with van der Waals surface area (Å²) in [5, 5.41) is 7.85. The first-order chi connectivity index (χ1) is 10.0. The second-order valence-corrected chi connectivity index (χ2v) is 4.69. The van der Waals surface area contributed by atoms with Gasteiger partial charge in [-0.2, -0.15) is 5.10 Å². The molecule has 0 aliphatic carbocycles. The van der Waals surface area contributed by atoms with Gasteiger partial charge in [-0.25, -0.2) is 4.98 Å². The molecule has 0 aromatic carbocycles. The summed E-state index contributed by atoms with van der Waals surface area (Å²) in [6, 6.07) is 6.23. The molecule has 3 heterocycles. The number of rotatable bonds is 2. The van der Waals surface area contributed by atoms with E-state index in [1.54, 1.807) is 10.9 Å². The van der Waals surface area contributed by atoms with E-state index in [1.165, 1.54) is 18.2 Å². The van der Waals surface area contributed by atoms with Crippen LogP contribution in [0.1, 0.15) is 16.2 Å². The van der Waals surface area contributed by atoms with E-state index in [0.29, 0.717) is 5.69 Å².